The predicted octanol–water partition coefficient (Wildman–Crippen LogP) is 3.62. The Kier molecular flexibility index (Phi) is 16.1. The quantitative estimate of drug-likeness (QED) is 0.214. The van der Waals surface area contributed by atoms with Crippen LogP contribution in [0.15, 0.2) is 30.3 Å². The van der Waals surface area contributed by atoms with Crippen LogP contribution in [0, 0.1) is 0 Å². The van der Waals surface area contributed by atoms with Gasteiger partial charge in [0, 0.05) is 0 Å². The second-order valence-corrected chi connectivity index (χ2v) is 7.59. The van der Waals surface area contributed by atoms with E-state index in [1.807, 2.05) is 0 Å². The Morgan fingerprint density at radius 1 is 0.600 bits per heavy atom. The zero-order valence-corrected chi connectivity index (χ0v) is 19.3. The summed E-state index contributed by atoms with van der Waals surface area (Å²) in [5.41, 5.74) is 1.50. The zero-order valence-electron chi connectivity index (χ0n) is 17.1. The first kappa shape index (κ1) is 24.9. The molecule has 0 spiro atoms. The molecule has 0 N–H and O–H groups in total. The van der Waals surface area contributed by atoms with Crippen molar-refractivity contribution in [1.29, 1.82) is 0 Å². The Labute approximate surface area is 175 Å². The fourth-order valence-electron chi connectivity index (χ4n) is 3.75. The van der Waals surface area contributed by atoms with Crippen LogP contribution in [0.3, 0.4) is 0 Å². The molecule has 0 fully saturated rings. The van der Waals surface area contributed by atoms with Crippen molar-refractivity contribution in [3.8, 4) is 0 Å². The fraction of sp³-hybridized carbons (Fsp3) is 0.739. The summed E-state index contributed by atoms with van der Waals surface area (Å²) in [5.74, 6) is 0. The SMILES string of the molecule is CCCC[N+](CCCC)(CCCC)CCCCCc1ccccc1.[I-]. The number of quaternary nitrogens is 1. The average Bonchev–Trinajstić information content (AvgIpc) is 2.63. The van der Waals surface area contributed by atoms with Gasteiger partial charge in [-0.2, -0.15) is 0 Å². The molecule has 1 nitrogen and oxygen atoms in total. The molecule has 25 heavy (non-hydrogen) atoms. The number of rotatable bonds is 15. The first-order chi connectivity index (χ1) is 11.8. The van der Waals surface area contributed by atoms with E-state index < -0.39 is 0 Å². The lowest BCUT2D eigenvalue weighted by molar-refractivity contribution is -0.929. The van der Waals surface area contributed by atoms with Gasteiger partial charge in [-0.3, -0.25) is 0 Å². The summed E-state index contributed by atoms with van der Waals surface area (Å²) in [6, 6.07) is 11.0. The van der Waals surface area contributed by atoms with Crippen LogP contribution in [0.1, 0.15) is 84.1 Å². The molecule has 146 valence electrons. The maximum absolute atomic E-state index is 2.34. The lowest BCUT2D eigenvalue weighted by Gasteiger charge is -2.39. The van der Waals surface area contributed by atoms with Crippen LogP contribution in [0.4, 0.5) is 0 Å². The summed E-state index contributed by atoms with van der Waals surface area (Å²) in [7, 11) is 0. The molecule has 0 bridgehead atoms. The van der Waals surface area contributed by atoms with Gasteiger partial charge in [-0.15, -0.1) is 0 Å². The zero-order chi connectivity index (χ0) is 17.5. The molecule has 1 rings (SSSR count). The van der Waals surface area contributed by atoms with Crippen LogP contribution >= 0.6 is 0 Å². The topological polar surface area (TPSA) is 0 Å². The maximum Gasteiger partial charge on any atom is 0.0786 e. The van der Waals surface area contributed by atoms with E-state index >= 15 is 0 Å². The molecular formula is C23H42IN. The third-order valence-electron chi connectivity index (χ3n) is 5.40. The van der Waals surface area contributed by atoms with Gasteiger partial charge in [-0.1, -0.05) is 70.4 Å². The van der Waals surface area contributed by atoms with Crippen molar-refractivity contribution in [2.45, 2.75) is 85.0 Å². The molecule has 0 saturated heterocycles. The largest absolute Gasteiger partial charge is 1.00 e. The van der Waals surface area contributed by atoms with Gasteiger partial charge in [-0.05, 0) is 50.5 Å². The molecule has 0 saturated carbocycles. The first-order valence-corrected chi connectivity index (χ1v) is 10.7. The monoisotopic (exact) mass is 459 g/mol. The van der Waals surface area contributed by atoms with Gasteiger partial charge in [0.25, 0.3) is 0 Å². The molecule has 0 heterocycles. The summed E-state index contributed by atoms with van der Waals surface area (Å²) in [5, 5.41) is 0. The highest BCUT2D eigenvalue weighted by atomic mass is 127. The van der Waals surface area contributed by atoms with E-state index in [9.17, 15) is 0 Å². The van der Waals surface area contributed by atoms with Crippen LogP contribution in [-0.4, -0.2) is 30.7 Å². The standard InChI is InChI=1S/C23H42N.HI/c1-4-7-19-24(20-8-5-2,21-9-6-3)22-15-11-14-18-23-16-12-10-13-17-23;/h10,12-13,16-17H,4-9,11,14-15,18-22H2,1-3H3;1H/q+1;/p-1. The number of halogens is 1. The third-order valence-corrected chi connectivity index (χ3v) is 5.40. The highest BCUT2D eigenvalue weighted by molar-refractivity contribution is 5.14. The second kappa shape index (κ2) is 16.1. The summed E-state index contributed by atoms with van der Waals surface area (Å²) in [6.07, 6.45) is 13.6. The lowest BCUT2D eigenvalue weighted by Crippen LogP contribution is -3.00. The molecule has 1 aromatic rings. The van der Waals surface area contributed by atoms with Gasteiger partial charge in [-0.25, -0.2) is 0 Å². The smallest absolute Gasteiger partial charge is 0.0786 e. The molecule has 0 aromatic heterocycles. The molecule has 0 aliphatic rings. The average molecular weight is 459 g/mol. The fourth-order valence-corrected chi connectivity index (χ4v) is 3.75. The molecule has 0 radical (unpaired) electrons. The molecule has 2 heteroatoms. The number of hydrogen-bond donors (Lipinski definition) is 0. The minimum Gasteiger partial charge on any atom is -1.00 e. The third kappa shape index (κ3) is 11.3. The van der Waals surface area contributed by atoms with Crippen LogP contribution in [0.25, 0.3) is 0 Å². The van der Waals surface area contributed by atoms with Crippen LogP contribution < -0.4 is 24.0 Å². The van der Waals surface area contributed by atoms with Gasteiger partial charge in [0.1, 0.15) is 0 Å². The number of aryl methyl sites for hydroxylation is 1. The minimum atomic E-state index is 0. The summed E-state index contributed by atoms with van der Waals surface area (Å²) in [4.78, 5) is 0. The van der Waals surface area contributed by atoms with Crippen LogP contribution in [0.2, 0.25) is 0 Å². The first-order valence-electron chi connectivity index (χ1n) is 10.7. The van der Waals surface area contributed by atoms with Crippen molar-refractivity contribution in [2.75, 3.05) is 26.2 Å². The van der Waals surface area contributed by atoms with Crippen molar-refractivity contribution in [3.05, 3.63) is 35.9 Å². The van der Waals surface area contributed by atoms with E-state index in [0.717, 1.165) is 0 Å². The van der Waals surface area contributed by atoms with Crippen LogP contribution in [0.5, 0.6) is 0 Å². The van der Waals surface area contributed by atoms with Gasteiger partial charge in [0.15, 0.2) is 0 Å². The number of hydrogen-bond acceptors (Lipinski definition) is 0. The maximum atomic E-state index is 2.34. The lowest BCUT2D eigenvalue weighted by atomic mass is 10.1. The van der Waals surface area contributed by atoms with Crippen molar-refractivity contribution in [3.63, 3.8) is 0 Å². The molecule has 0 amide bonds. The highest BCUT2D eigenvalue weighted by Gasteiger charge is 2.24. The van der Waals surface area contributed by atoms with E-state index in [4.69, 9.17) is 0 Å². The van der Waals surface area contributed by atoms with Gasteiger partial charge >= 0.3 is 0 Å². The number of nitrogens with zero attached hydrogens (tertiary/aromatic N) is 1. The summed E-state index contributed by atoms with van der Waals surface area (Å²) < 4.78 is 1.40. The Morgan fingerprint density at radius 3 is 1.56 bits per heavy atom. The molecule has 0 unspecified atom stereocenters. The normalized spacial score (nSPS) is 11.3. The van der Waals surface area contributed by atoms with Crippen molar-refractivity contribution < 1.29 is 28.5 Å². The van der Waals surface area contributed by atoms with E-state index in [0.29, 0.717) is 0 Å². The molecule has 0 aliphatic heterocycles. The number of unbranched alkanes of at least 4 members (excludes halogenated alkanes) is 5. The van der Waals surface area contributed by atoms with Crippen molar-refractivity contribution in [2.24, 2.45) is 0 Å². The Balaban J connectivity index is 0.00000576. The molecule has 0 aliphatic carbocycles. The van der Waals surface area contributed by atoms with Gasteiger partial charge < -0.3 is 28.5 Å². The van der Waals surface area contributed by atoms with E-state index in [1.54, 1.807) is 0 Å². The molecule has 1 aromatic carbocycles. The van der Waals surface area contributed by atoms with E-state index in [2.05, 4.69) is 51.1 Å². The molecule has 0 atom stereocenters. The Bertz CT molecular complexity index is 369. The van der Waals surface area contributed by atoms with Gasteiger partial charge in [0.05, 0.1) is 26.2 Å². The van der Waals surface area contributed by atoms with Crippen molar-refractivity contribution >= 4 is 0 Å². The summed E-state index contributed by atoms with van der Waals surface area (Å²) >= 11 is 0. The minimum absolute atomic E-state index is 0. The predicted molar refractivity (Wildman–Crippen MR) is 108 cm³/mol. The Hall–Kier alpha value is -0.0900. The van der Waals surface area contributed by atoms with Crippen LogP contribution in [-0.2, 0) is 6.42 Å². The Morgan fingerprint density at radius 2 is 1.08 bits per heavy atom. The summed E-state index contributed by atoms with van der Waals surface area (Å²) in [6.45, 7) is 12.7. The van der Waals surface area contributed by atoms with E-state index in [1.165, 1.54) is 100 Å². The van der Waals surface area contributed by atoms with Gasteiger partial charge in [0.2, 0.25) is 0 Å². The van der Waals surface area contributed by atoms with Crippen molar-refractivity contribution in [1.82, 2.24) is 0 Å². The van der Waals surface area contributed by atoms with E-state index in [-0.39, 0.29) is 24.0 Å². The highest BCUT2D eigenvalue weighted by Crippen LogP contribution is 2.17. The number of benzene rings is 1. The molecular weight excluding hydrogens is 417 g/mol. The second-order valence-electron chi connectivity index (χ2n) is 7.59.